The van der Waals surface area contributed by atoms with E-state index in [4.69, 9.17) is 4.74 Å². The number of aromatic nitrogens is 1. The number of ether oxygens (including phenoxy) is 1. The molecule has 1 N–H and O–H groups in total. The number of rotatable bonds is 6. The van der Waals surface area contributed by atoms with Crippen LogP contribution in [0.2, 0.25) is 0 Å². The lowest BCUT2D eigenvalue weighted by atomic mass is 10.0. The Hall–Kier alpha value is -2.55. The summed E-state index contributed by atoms with van der Waals surface area (Å²) in [5.41, 5.74) is 3.65. The van der Waals surface area contributed by atoms with Gasteiger partial charge in [0.15, 0.2) is 0 Å². The average molecular weight is 295 g/mol. The van der Waals surface area contributed by atoms with Gasteiger partial charge in [0.25, 0.3) is 0 Å². The average Bonchev–Trinajstić information content (AvgIpc) is 2.52. The zero-order chi connectivity index (χ0) is 15.9. The molecule has 2 aromatic rings. The van der Waals surface area contributed by atoms with Crippen molar-refractivity contribution in [1.29, 1.82) is 0 Å². The third kappa shape index (κ3) is 4.22. The minimum absolute atomic E-state index is 0.251. The van der Waals surface area contributed by atoms with E-state index in [0.29, 0.717) is 12.2 Å². The van der Waals surface area contributed by atoms with Crippen LogP contribution in [-0.2, 0) is 6.42 Å². The Labute approximate surface area is 131 Å². The first-order chi connectivity index (χ1) is 10.6. The Kier molecular flexibility index (Phi) is 5.37. The number of phenols is 1. The lowest BCUT2D eigenvalue weighted by Gasteiger charge is -2.12. The van der Waals surface area contributed by atoms with Gasteiger partial charge in [0.1, 0.15) is 11.5 Å². The van der Waals surface area contributed by atoms with E-state index in [0.717, 1.165) is 28.8 Å². The van der Waals surface area contributed by atoms with Gasteiger partial charge in [0.05, 0.1) is 12.8 Å². The van der Waals surface area contributed by atoms with Crippen LogP contribution in [0.25, 0.3) is 12.2 Å². The molecule has 0 bridgehead atoms. The maximum absolute atomic E-state index is 10.3. The molecule has 3 heteroatoms. The molecule has 0 saturated heterocycles. The molecule has 0 aliphatic carbocycles. The molecule has 0 atom stereocenters. The van der Waals surface area contributed by atoms with Gasteiger partial charge >= 0.3 is 0 Å². The fourth-order valence-electron chi connectivity index (χ4n) is 2.18. The molecule has 2 rings (SSSR count). The summed E-state index contributed by atoms with van der Waals surface area (Å²) in [6.07, 6.45) is 7.11. The Bertz CT molecular complexity index is 675. The number of phenolic OH excluding ortho intramolecular Hbond substituents is 1. The van der Waals surface area contributed by atoms with Gasteiger partial charge in [-0.2, -0.15) is 0 Å². The fourth-order valence-corrected chi connectivity index (χ4v) is 2.18. The highest BCUT2D eigenvalue weighted by atomic mass is 16.5. The molecular formula is C19H21NO2. The summed E-state index contributed by atoms with van der Waals surface area (Å²) in [5.74, 6) is 0.947. The maximum Gasteiger partial charge on any atom is 0.126 e. The van der Waals surface area contributed by atoms with E-state index in [1.165, 1.54) is 0 Å². The Morgan fingerprint density at radius 1 is 1.32 bits per heavy atom. The van der Waals surface area contributed by atoms with Gasteiger partial charge in [0, 0.05) is 11.8 Å². The monoisotopic (exact) mass is 295 g/mol. The highest BCUT2D eigenvalue weighted by Gasteiger charge is 2.10. The molecule has 0 spiro atoms. The van der Waals surface area contributed by atoms with Gasteiger partial charge in [-0.3, -0.25) is 4.98 Å². The van der Waals surface area contributed by atoms with Gasteiger partial charge in [-0.25, -0.2) is 0 Å². The number of benzene rings is 1. The van der Waals surface area contributed by atoms with Crippen LogP contribution >= 0.6 is 0 Å². The lowest BCUT2D eigenvalue weighted by Crippen LogP contribution is -1.95. The smallest absolute Gasteiger partial charge is 0.126 e. The van der Waals surface area contributed by atoms with Gasteiger partial charge in [-0.05, 0) is 55.7 Å². The predicted molar refractivity (Wildman–Crippen MR) is 91.0 cm³/mol. The highest BCUT2D eigenvalue weighted by molar-refractivity contribution is 5.70. The van der Waals surface area contributed by atoms with E-state index in [1.807, 2.05) is 43.3 Å². The van der Waals surface area contributed by atoms with Crippen LogP contribution in [0.15, 0.2) is 48.7 Å². The van der Waals surface area contributed by atoms with Crippen LogP contribution < -0.4 is 4.74 Å². The van der Waals surface area contributed by atoms with Crippen molar-refractivity contribution in [3.05, 3.63) is 65.5 Å². The lowest BCUT2D eigenvalue weighted by molar-refractivity contribution is 0.399. The molecule has 1 aromatic carbocycles. The van der Waals surface area contributed by atoms with Gasteiger partial charge < -0.3 is 9.84 Å². The van der Waals surface area contributed by atoms with E-state index in [1.54, 1.807) is 19.4 Å². The molecule has 0 aliphatic heterocycles. The van der Waals surface area contributed by atoms with Crippen LogP contribution in [0.3, 0.4) is 0 Å². The van der Waals surface area contributed by atoms with E-state index in [2.05, 4.69) is 11.6 Å². The Morgan fingerprint density at radius 2 is 2.14 bits per heavy atom. The summed E-state index contributed by atoms with van der Waals surface area (Å²) in [6.45, 7) is 5.88. The molecule has 0 unspecified atom stereocenters. The molecule has 3 nitrogen and oxygen atoms in total. The summed E-state index contributed by atoms with van der Waals surface area (Å²) >= 11 is 0. The highest BCUT2D eigenvalue weighted by Crippen LogP contribution is 2.32. The first-order valence-electron chi connectivity index (χ1n) is 7.23. The molecule has 22 heavy (non-hydrogen) atoms. The van der Waals surface area contributed by atoms with Crippen molar-refractivity contribution in [2.45, 2.75) is 19.8 Å². The van der Waals surface area contributed by atoms with Crippen molar-refractivity contribution < 1.29 is 9.84 Å². The summed E-state index contributed by atoms with van der Waals surface area (Å²) in [7, 11) is 1.62. The number of nitrogens with zero attached hydrogens (tertiary/aromatic N) is 1. The second kappa shape index (κ2) is 7.46. The molecule has 0 amide bonds. The fraction of sp³-hybridized carbons (Fsp3) is 0.211. The normalized spacial score (nSPS) is 10.8. The second-order valence-corrected chi connectivity index (χ2v) is 5.27. The van der Waals surface area contributed by atoms with E-state index < -0.39 is 0 Å². The molecule has 1 aromatic heterocycles. The number of hydrogen-bond acceptors (Lipinski definition) is 3. The van der Waals surface area contributed by atoms with Crippen molar-refractivity contribution in [3.8, 4) is 11.5 Å². The second-order valence-electron chi connectivity index (χ2n) is 5.27. The molecule has 0 fully saturated rings. The van der Waals surface area contributed by atoms with Gasteiger partial charge in [0.2, 0.25) is 0 Å². The molecule has 0 aliphatic rings. The summed E-state index contributed by atoms with van der Waals surface area (Å²) in [5, 5.41) is 10.3. The van der Waals surface area contributed by atoms with Crippen molar-refractivity contribution in [3.63, 3.8) is 0 Å². The van der Waals surface area contributed by atoms with Crippen molar-refractivity contribution >= 4 is 12.2 Å². The van der Waals surface area contributed by atoms with Crippen LogP contribution in [0.5, 0.6) is 11.5 Å². The number of hydrogen-bond donors (Lipinski definition) is 1. The zero-order valence-electron chi connectivity index (χ0n) is 13.0. The Morgan fingerprint density at radius 3 is 2.77 bits per heavy atom. The zero-order valence-corrected chi connectivity index (χ0v) is 13.0. The molecular weight excluding hydrogens is 274 g/mol. The predicted octanol–water partition coefficient (Wildman–Crippen LogP) is 4.47. The van der Waals surface area contributed by atoms with Crippen molar-refractivity contribution in [2.24, 2.45) is 0 Å². The summed E-state index contributed by atoms with van der Waals surface area (Å²) < 4.78 is 5.41. The standard InChI is InChI=1S/C19H21NO2/c1-14(2)7-10-17-18(21)12-15(13-19(17)22-3)8-9-16-6-4-5-11-20-16/h4-6,8-9,11-13,21H,1,7,10H2,2-3H3/b9-8+. The summed E-state index contributed by atoms with van der Waals surface area (Å²) in [4.78, 5) is 4.23. The molecule has 0 saturated carbocycles. The maximum atomic E-state index is 10.3. The van der Waals surface area contributed by atoms with Gasteiger partial charge in [-0.1, -0.05) is 17.7 Å². The topological polar surface area (TPSA) is 42.4 Å². The molecule has 0 radical (unpaired) electrons. The number of methoxy groups -OCH3 is 1. The SMILES string of the molecule is C=C(C)CCc1c(O)cc(/C=C/c2ccccn2)cc1OC. The van der Waals surface area contributed by atoms with Crippen LogP contribution in [0, 0.1) is 0 Å². The number of pyridine rings is 1. The quantitative estimate of drug-likeness (QED) is 0.799. The van der Waals surface area contributed by atoms with Gasteiger partial charge in [-0.15, -0.1) is 6.58 Å². The third-order valence-corrected chi connectivity index (χ3v) is 3.36. The van der Waals surface area contributed by atoms with E-state index >= 15 is 0 Å². The summed E-state index contributed by atoms with van der Waals surface area (Å²) in [6, 6.07) is 9.41. The first-order valence-corrected chi connectivity index (χ1v) is 7.23. The van der Waals surface area contributed by atoms with E-state index in [-0.39, 0.29) is 5.75 Å². The number of allylic oxidation sites excluding steroid dienone is 1. The minimum Gasteiger partial charge on any atom is -0.508 e. The first kappa shape index (κ1) is 15.8. The third-order valence-electron chi connectivity index (χ3n) is 3.36. The molecule has 1 heterocycles. The van der Waals surface area contributed by atoms with Crippen molar-refractivity contribution in [1.82, 2.24) is 4.98 Å². The van der Waals surface area contributed by atoms with Crippen LogP contribution in [-0.4, -0.2) is 17.2 Å². The van der Waals surface area contributed by atoms with Crippen LogP contribution in [0.4, 0.5) is 0 Å². The number of aromatic hydroxyl groups is 1. The molecule has 114 valence electrons. The largest absolute Gasteiger partial charge is 0.508 e. The van der Waals surface area contributed by atoms with Crippen LogP contribution in [0.1, 0.15) is 30.2 Å². The van der Waals surface area contributed by atoms with Crippen molar-refractivity contribution in [2.75, 3.05) is 7.11 Å². The van der Waals surface area contributed by atoms with E-state index in [9.17, 15) is 5.11 Å². The minimum atomic E-state index is 0.251. The Balaban J connectivity index is 2.25.